The molecule has 1 N–H and O–H groups in total. The van der Waals surface area contributed by atoms with Crippen molar-refractivity contribution in [2.75, 3.05) is 0 Å². The lowest BCUT2D eigenvalue weighted by atomic mass is 9.75. The van der Waals surface area contributed by atoms with Crippen molar-refractivity contribution in [2.45, 2.75) is 52.1 Å². The summed E-state index contributed by atoms with van der Waals surface area (Å²) in [7, 11) is 0. The molecule has 1 fully saturated rings. The van der Waals surface area contributed by atoms with Crippen LogP contribution >= 0.6 is 0 Å². The predicted molar refractivity (Wildman–Crippen MR) is 64.9 cm³/mol. The topological polar surface area (TPSA) is 37.8 Å². The van der Waals surface area contributed by atoms with Gasteiger partial charge in [-0.2, -0.15) is 0 Å². The Balaban J connectivity index is 1.82. The molecule has 1 aromatic heterocycles. The second-order valence-electron chi connectivity index (χ2n) is 5.59. The van der Waals surface area contributed by atoms with Crippen LogP contribution in [-0.2, 0) is 6.54 Å². The van der Waals surface area contributed by atoms with Crippen LogP contribution in [0.15, 0.2) is 18.7 Å². The van der Waals surface area contributed by atoms with E-state index in [1.807, 2.05) is 12.4 Å². The van der Waals surface area contributed by atoms with Crippen LogP contribution < -0.4 is 5.32 Å². The molecule has 1 aliphatic rings. The van der Waals surface area contributed by atoms with E-state index in [4.69, 9.17) is 0 Å². The number of hydrogen-bond acceptors (Lipinski definition) is 3. The lowest BCUT2D eigenvalue weighted by molar-refractivity contribution is 0.197. The van der Waals surface area contributed by atoms with Crippen LogP contribution in [0.1, 0.15) is 45.1 Å². The Kier molecular flexibility index (Phi) is 3.54. The molecule has 1 atom stereocenters. The maximum absolute atomic E-state index is 4.03. The molecule has 1 heterocycles. The first kappa shape index (κ1) is 11.5. The normalized spacial score (nSPS) is 24.2. The fourth-order valence-corrected chi connectivity index (χ4v) is 2.56. The van der Waals surface area contributed by atoms with E-state index in [0.717, 1.165) is 6.54 Å². The summed E-state index contributed by atoms with van der Waals surface area (Å²) in [5.74, 6) is 0. The first-order valence-corrected chi connectivity index (χ1v) is 6.13. The Hall–Kier alpha value is -0.960. The number of aromatic nitrogens is 2. The molecule has 16 heavy (non-hydrogen) atoms. The van der Waals surface area contributed by atoms with Crippen molar-refractivity contribution in [3.63, 3.8) is 0 Å². The molecule has 1 aromatic rings. The van der Waals surface area contributed by atoms with Gasteiger partial charge in [-0.15, -0.1) is 0 Å². The number of hydrogen-bond donors (Lipinski definition) is 1. The van der Waals surface area contributed by atoms with E-state index in [1.165, 1.54) is 31.2 Å². The minimum absolute atomic E-state index is 0.503. The summed E-state index contributed by atoms with van der Waals surface area (Å²) in [5.41, 5.74) is 1.68. The number of rotatable bonds is 3. The highest BCUT2D eigenvalue weighted by Gasteiger charge is 2.27. The lowest BCUT2D eigenvalue weighted by Crippen LogP contribution is -2.36. The first-order chi connectivity index (χ1) is 7.66. The zero-order valence-electron chi connectivity index (χ0n) is 10.2. The fraction of sp³-hybridized carbons (Fsp3) is 0.692. The standard InChI is InChI=1S/C13H21N3/c1-13(2)5-3-4-12(6-13)16-9-11-7-14-10-15-8-11/h7-8,10,12,16H,3-6,9H2,1-2H3. The first-order valence-electron chi connectivity index (χ1n) is 6.13. The molecule has 2 rings (SSSR count). The highest BCUT2D eigenvalue weighted by molar-refractivity contribution is 5.02. The van der Waals surface area contributed by atoms with E-state index >= 15 is 0 Å². The molecule has 0 aliphatic heterocycles. The minimum atomic E-state index is 0.503. The molecule has 88 valence electrons. The molecule has 0 aromatic carbocycles. The summed E-state index contributed by atoms with van der Waals surface area (Å²) in [5, 5.41) is 3.61. The van der Waals surface area contributed by atoms with Crippen LogP contribution in [0.25, 0.3) is 0 Å². The van der Waals surface area contributed by atoms with Crippen LogP contribution in [0.3, 0.4) is 0 Å². The summed E-state index contributed by atoms with van der Waals surface area (Å²) in [6, 6.07) is 0.656. The van der Waals surface area contributed by atoms with E-state index in [0.29, 0.717) is 11.5 Å². The van der Waals surface area contributed by atoms with Crippen LogP contribution in [0.4, 0.5) is 0 Å². The predicted octanol–water partition coefficient (Wildman–Crippen LogP) is 2.54. The van der Waals surface area contributed by atoms with Gasteiger partial charge >= 0.3 is 0 Å². The molecule has 0 radical (unpaired) electrons. The van der Waals surface area contributed by atoms with Crippen molar-refractivity contribution in [1.82, 2.24) is 15.3 Å². The van der Waals surface area contributed by atoms with Crippen molar-refractivity contribution < 1.29 is 0 Å². The van der Waals surface area contributed by atoms with Crippen molar-refractivity contribution in [3.8, 4) is 0 Å². The maximum Gasteiger partial charge on any atom is 0.115 e. The molecular weight excluding hydrogens is 198 g/mol. The summed E-state index contributed by atoms with van der Waals surface area (Å²) in [6.45, 7) is 5.63. The lowest BCUT2D eigenvalue weighted by Gasteiger charge is -2.35. The quantitative estimate of drug-likeness (QED) is 0.849. The Morgan fingerprint density at radius 1 is 1.38 bits per heavy atom. The Labute approximate surface area is 97.7 Å². The Morgan fingerprint density at radius 2 is 2.12 bits per heavy atom. The molecule has 3 nitrogen and oxygen atoms in total. The third kappa shape index (κ3) is 3.27. The van der Waals surface area contributed by atoms with Crippen LogP contribution in [-0.4, -0.2) is 16.0 Å². The second-order valence-corrected chi connectivity index (χ2v) is 5.59. The summed E-state index contributed by atoms with van der Waals surface area (Å²) in [6.07, 6.45) is 10.6. The highest BCUT2D eigenvalue weighted by atomic mass is 14.9. The van der Waals surface area contributed by atoms with Gasteiger partial charge in [0.05, 0.1) is 0 Å². The van der Waals surface area contributed by atoms with Gasteiger partial charge in [0.25, 0.3) is 0 Å². The van der Waals surface area contributed by atoms with E-state index in [-0.39, 0.29) is 0 Å². The van der Waals surface area contributed by atoms with Crippen molar-refractivity contribution >= 4 is 0 Å². The average Bonchev–Trinajstić information content (AvgIpc) is 2.27. The van der Waals surface area contributed by atoms with Gasteiger partial charge < -0.3 is 5.32 Å². The second kappa shape index (κ2) is 4.91. The molecule has 3 heteroatoms. The van der Waals surface area contributed by atoms with Gasteiger partial charge in [-0.1, -0.05) is 20.3 Å². The van der Waals surface area contributed by atoms with Gasteiger partial charge in [-0.25, -0.2) is 9.97 Å². The van der Waals surface area contributed by atoms with Crippen LogP contribution in [0.2, 0.25) is 0 Å². The van der Waals surface area contributed by atoms with Gasteiger partial charge in [-0.3, -0.25) is 0 Å². The van der Waals surface area contributed by atoms with Crippen LogP contribution in [0.5, 0.6) is 0 Å². The van der Waals surface area contributed by atoms with Crippen molar-refractivity contribution in [1.29, 1.82) is 0 Å². The van der Waals surface area contributed by atoms with E-state index < -0.39 is 0 Å². The van der Waals surface area contributed by atoms with Crippen LogP contribution in [0, 0.1) is 5.41 Å². The van der Waals surface area contributed by atoms with E-state index in [9.17, 15) is 0 Å². The van der Waals surface area contributed by atoms with E-state index in [1.54, 1.807) is 6.33 Å². The third-order valence-corrected chi connectivity index (χ3v) is 3.41. The number of nitrogens with one attached hydrogen (secondary N) is 1. The van der Waals surface area contributed by atoms with Gasteiger partial charge in [0, 0.05) is 30.5 Å². The van der Waals surface area contributed by atoms with E-state index in [2.05, 4.69) is 29.1 Å². The molecule has 0 bridgehead atoms. The van der Waals surface area contributed by atoms with Gasteiger partial charge in [0.1, 0.15) is 6.33 Å². The molecule has 0 saturated heterocycles. The molecule has 1 saturated carbocycles. The molecule has 1 unspecified atom stereocenters. The van der Waals surface area contributed by atoms with Gasteiger partial charge in [0.2, 0.25) is 0 Å². The summed E-state index contributed by atoms with van der Waals surface area (Å²) < 4.78 is 0. The van der Waals surface area contributed by atoms with Crippen molar-refractivity contribution in [3.05, 3.63) is 24.3 Å². The molecule has 0 spiro atoms. The molecular formula is C13H21N3. The third-order valence-electron chi connectivity index (χ3n) is 3.41. The van der Waals surface area contributed by atoms with Gasteiger partial charge in [-0.05, 0) is 24.7 Å². The zero-order chi connectivity index (χ0) is 11.4. The van der Waals surface area contributed by atoms with Crippen molar-refractivity contribution in [2.24, 2.45) is 5.41 Å². The average molecular weight is 219 g/mol. The summed E-state index contributed by atoms with van der Waals surface area (Å²) >= 11 is 0. The highest BCUT2D eigenvalue weighted by Crippen LogP contribution is 2.35. The number of nitrogens with zero attached hydrogens (tertiary/aromatic N) is 2. The summed E-state index contributed by atoms with van der Waals surface area (Å²) in [4.78, 5) is 8.05. The molecule has 0 amide bonds. The SMILES string of the molecule is CC1(C)CCCC(NCc2cncnc2)C1. The minimum Gasteiger partial charge on any atom is -0.310 e. The smallest absolute Gasteiger partial charge is 0.115 e. The fourth-order valence-electron chi connectivity index (χ4n) is 2.56. The Morgan fingerprint density at radius 3 is 2.81 bits per heavy atom. The largest absolute Gasteiger partial charge is 0.310 e. The maximum atomic E-state index is 4.03. The molecule has 1 aliphatic carbocycles. The monoisotopic (exact) mass is 219 g/mol. The van der Waals surface area contributed by atoms with Gasteiger partial charge in [0.15, 0.2) is 0 Å². The Bertz CT molecular complexity index is 321. The zero-order valence-corrected chi connectivity index (χ0v) is 10.2.